The van der Waals surface area contributed by atoms with E-state index < -0.39 is 12.0 Å². The maximum absolute atomic E-state index is 12.8. The van der Waals surface area contributed by atoms with Crippen LogP contribution in [0.25, 0.3) is 22.3 Å². The number of aryl methyl sites for hydroxylation is 1. The van der Waals surface area contributed by atoms with Gasteiger partial charge in [0.1, 0.15) is 5.52 Å². The number of aromatic nitrogens is 4. The van der Waals surface area contributed by atoms with Gasteiger partial charge < -0.3 is 9.72 Å². The summed E-state index contributed by atoms with van der Waals surface area (Å²) in [4.78, 5) is 28.3. The third kappa shape index (κ3) is 1.91. The zero-order valence-corrected chi connectivity index (χ0v) is 13.8. The Morgan fingerprint density at radius 3 is 2.62 bits per heavy atom. The van der Waals surface area contributed by atoms with Crippen molar-refractivity contribution in [1.82, 2.24) is 19.3 Å². The van der Waals surface area contributed by atoms with Crippen molar-refractivity contribution in [2.45, 2.75) is 6.04 Å². The first-order chi connectivity index (χ1) is 12.6. The van der Waals surface area contributed by atoms with Crippen LogP contribution in [0.4, 0.5) is 0 Å². The summed E-state index contributed by atoms with van der Waals surface area (Å²) in [6, 6.07) is 13.8. The van der Waals surface area contributed by atoms with Gasteiger partial charge in [-0.05, 0) is 23.8 Å². The highest BCUT2D eigenvalue weighted by Crippen LogP contribution is 2.41. The van der Waals surface area contributed by atoms with Gasteiger partial charge in [-0.1, -0.05) is 30.3 Å². The molecule has 0 spiro atoms. The van der Waals surface area contributed by atoms with Crippen molar-refractivity contribution < 1.29 is 9.53 Å². The van der Waals surface area contributed by atoms with Gasteiger partial charge in [-0.15, -0.1) is 0 Å². The monoisotopic (exact) mass is 346 g/mol. The Bertz CT molecular complexity index is 1220. The van der Waals surface area contributed by atoms with E-state index in [0.717, 1.165) is 5.69 Å². The molecule has 1 N–H and O–H groups in total. The molecule has 0 radical (unpaired) electrons. The molecular weight excluding hydrogens is 332 g/mol. The van der Waals surface area contributed by atoms with Crippen LogP contribution < -0.4 is 10.4 Å². The molecule has 0 aliphatic carbocycles. The highest BCUT2D eigenvalue weighted by atomic mass is 16.5. The van der Waals surface area contributed by atoms with Crippen LogP contribution in [0.5, 0.6) is 5.75 Å². The lowest BCUT2D eigenvalue weighted by atomic mass is 10.0. The first-order valence-electron chi connectivity index (χ1n) is 8.17. The van der Waals surface area contributed by atoms with Crippen LogP contribution in [0, 0.1) is 0 Å². The van der Waals surface area contributed by atoms with Crippen molar-refractivity contribution in [2.75, 3.05) is 0 Å². The van der Waals surface area contributed by atoms with E-state index in [1.807, 2.05) is 55.6 Å². The Morgan fingerprint density at radius 1 is 1.08 bits per heavy atom. The number of esters is 1. The molecular formula is C19H14N4O3. The summed E-state index contributed by atoms with van der Waals surface area (Å²) < 4.78 is 8.91. The number of aromatic amines is 1. The lowest BCUT2D eigenvalue weighted by Gasteiger charge is -2.25. The Labute approximate surface area is 147 Å². The van der Waals surface area contributed by atoms with Gasteiger partial charge in [0.05, 0.1) is 11.2 Å². The summed E-state index contributed by atoms with van der Waals surface area (Å²) in [6.45, 7) is 0. The van der Waals surface area contributed by atoms with Gasteiger partial charge in [-0.3, -0.25) is 9.25 Å². The molecule has 0 bridgehead atoms. The molecule has 1 aliphatic heterocycles. The molecule has 5 rings (SSSR count). The van der Waals surface area contributed by atoms with E-state index in [1.54, 1.807) is 10.9 Å². The summed E-state index contributed by atoms with van der Waals surface area (Å²) >= 11 is 0. The van der Waals surface area contributed by atoms with Crippen molar-refractivity contribution in [2.24, 2.45) is 7.05 Å². The molecule has 128 valence electrons. The Kier molecular flexibility index (Phi) is 2.94. The average molecular weight is 346 g/mol. The highest BCUT2D eigenvalue weighted by Gasteiger charge is 2.35. The zero-order valence-electron chi connectivity index (χ0n) is 13.8. The number of nitrogens with zero attached hydrogens (tertiary/aromatic N) is 3. The largest absolute Gasteiger partial charge is 0.422 e. The molecule has 4 aromatic rings. The van der Waals surface area contributed by atoms with Crippen LogP contribution >= 0.6 is 0 Å². The van der Waals surface area contributed by atoms with Gasteiger partial charge in [0, 0.05) is 18.8 Å². The van der Waals surface area contributed by atoms with E-state index in [9.17, 15) is 9.59 Å². The number of hydrogen-bond donors (Lipinski definition) is 1. The van der Waals surface area contributed by atoms with E-state index in [4.69, 9.17) is 4.74 Å². The van der Waals surface area contributed by atoms with Crippen LogP contribution in [0.1, 0.15) is 11.6 Å². The number of rotatable bonds is 2. The smallest absolute Gasteiger partial charge is 0.339 e. The second-order valence-corrected chi connectivity index (χ2v) is 6.21. The second kappa shape index (κ2) is 5.19. The maximum atomic E-state index is 12.8. The third-order valence-corrected chi connectivity index (χ3v) is 4.73. The van der Waals surface area contributed by atoms with E-state index >= 15 is 0 Å². The van der Waals surface area contributed by atoms with Gasteiger partial charge in [-0.25, -0.2) is 9.59 Å². The third-order valence-electron chi connectivity index (χ3n) is 4.73. The molecule has 0 saturated carbocycles. The average Bonchev–Trinajstić information content (AvgIpc) is 3.21. The molecule has 2 aromatic heterocycles. The molecule has 0 saturated heterocycles. The van der Waals surface area contributed by atoms with Crippen molar-refractivity contribution in [3.63, 3.8) is 0 Å². The molecule has 7 nitrogen and oxygen atoms in total. The lowest BCUT2D eigenvalue weighted by molar-refractivity contribution is -0.137. The topological polar surface area (TPSA) is 81.9 Å². The summed E-state index contributed by atoms with van der Waals surface area (Å²) in [5, 5.41) is 4.18. The minimum atomic E-state index is -0.813. The molecule has 2 aromatic carbocycles. The summed E-state index contributed by atoms with van der Waals surface area (Å²) in [5.74, 6) is -0.108. The van der Waals surface area contributed by atoms with Crippen LogP contribution in [-0.2, 0) is 11.8 Å². The van der Waals surface area contributed by atoms with Crippen LogP contribution in [0.3, 0.4) is 0 Å². The minimum absolute atomic E-state index is 0.339. The minimum Gasteiger partial charge on any atom is -0.422 e. The molecule has 0 amide bonds. The fraction of sp³-hybridized carbons (Fsp3) is 0.105. The maximum Gasteiger partial charge on any atom is 0.339 e. The van der Waals surface area contributed by atoms with Crippen molar-refractivity contribution >= 4 is 17.0 Å². The fourth-order valence-electron chi connectivity index (χ4n) is 3.56. The fourth-order valence-corrected chi connectivity index (χ4v) is 3.56. The first kappa shape index (κ1) is 14.7. The normalized spacial score (nSPS) is 16.0. The first-order valence-corrected chi connectivity index (χ1v) is 8.17. The van der Waals surface area contributed by atoms with Gasteiger partial charge in [-0.2, -0.15) is 5.10 Å². The molecule has 26 heavy (non-hydrogen) atoms. The van der Waals surface area contributed by atoms with Crippen LogP contribution in [0.15, 0.2) is 59.5 Å². The number of imidazole rings is 1. The Balaban J connectivity index is 1.85. The summed E-state index contributed by atoms with van der Waals surface area (Å²) in [7, 11) is 1.81. The van der Waals surface area contributed by atoms with E-state index in [1.165, 1.54) is 4.57 Å². The van der Waals surface area contributed by atoms with Crippen molar-refractivity contribution in [3.8, 4) is 17.0 Å². The predicted molar refractivity (Wildman–Crippen MR) is 95.0 cm³/mol. The highest BCUT2D eigenvalue weighted by molar-refractivity contribution is 5.97. The number of benzene rings is 2. The van der Waals surface area contributed by atoms with Crippen molar-refractivity contribution in [1.29, 1.82) is 0 Å². The molecule has 1 aliphatic rings. The lowest BCUT2D eigenvalue weighted by Crippen LogP contribution is -2.35. The zero-order chi connectivity index (χ0) is 17.8. The SMILES string of the molecule is Cn1nccc1-c1ccc2[nH]c(=O)n3c2c1OC(=O)C3c1ccccc1. The van der Waals surface area contributed by atoms with Crippen LogP contribution in [0.2, 0.25) is 0 Å². The molecule has 0 fully saturated rings. The predicted octanol–water partition coefficient (Wildman–Crippen LogP) is 2.24. The number of nitrogens with one attached hydrogen (secondary N) is 1. The molecule has 1 atom stereocenters. The Hall–Kier alpha value is -3.61. The second-order valence-electron chi connectivity index (χ2n) is 6.21. The quantitative estimate of drug-likeness (QED) is 0.446. The number of hydrogen-bond acceptors (Lipinski definition) is 4. The van der Waals surface area contributed by atoms with E-state index in [-0.39, 0.29) is 5.69 Å². The number of carbonyl (C=O) groups excluding carboxylic acids is 1. The van der Waals surface area contributed by atoms with Crippen LogP contribution in [-0.4, -0.2) is 25.3 Å². The molecule has 1 unspecified atom stereocenters. The van der Waals surface area contributed by atoms with Gasteiger partial charge in [0.2, 0.25) is 0 Å². The van der Waals surface area contributed by atoms with Gasteiger partial charge in [0.15, 0.2) is 11.8 Å². The van der Waals surface area contributed by atoms with Gasteiger partial charge in [0.25, 0.3) is 0 Å². The Morgan fingerprint density at radius 2 is 1.88 bits per heavy atom. The van der Waals surface area contributed by atoms with Crippen molar-refractivity contribution in [3.05, 3.63) is 70.8 Å². The van der Waals surface area contributed by atoms with Gasteiger partial charge >= 0.3 is 11.7 Å². The molecule has 3 heterocycles. The number of ether oxygens (including phenoxy) is 1. The van der Waals surface area contributed by atoms with E-state index in [2.05, 4.69) is 10.1 Å². The summed E-state index contributed by atoms with van der Waals surface area (Å²) in [6.07, 6.45) is 1.67. The number of H-pyrrole nitrogens is 1. The number of carbonyl (C=O) groups is 1. The molecule has 7 heteroatoms. The summed E-state index contributed by atoms with van der Waals surface area (Å²) in [5.41, 5.74) is 3.09. The standard InChI is InChI=1S/C19H14N4O3/c1-22-14(9-10-20-22)12-7-8-13-16-17(12)26-18(24)15(23(16)19(25)21-13)11-5-3-2-4-6-11/h2-10,15H,1H3,(H,21,25). The van der Waals surface area contributed by atoms with E-state index in [0.29, 0.717) is 27.9 Å².